The molecule has 1 aliphatic rings. The molecule has 11 heteroatoms. The first kappa shape index (κ1) is 27.2. The van der Waals surface area contributed by atoms with Crippen molar-refractivity contribution in [2.24, 2.45) is 4.99 Å². The molecule has 1 aromatic heterocycles. The van der Waals surface area contributed by atoms with Crippen molar-refractivity contribution in [1.29, 1.82) is 0 Å². The number of fused-ring (bicyclic) bond motifs is 1. The lowest BCUT2D eigenvalue weighted by atomic mass is 9.96. The van der Waals surface area contributed by atoms with Crippen LogP contribution >= 0.6 is 22.9 Å². The van der Waals surface area contributed by atoms with E-state index in [0.717, 1.165) is 0 Å². The van der Waals surface area contributed by atoms with Gasteiger partial charge in [0.2, 0.25) is 0 Å². The summed E-state index contributed by atoms with van der Waals surface area (Å²) < 4.78 is 18.0. The van der Waals surface area contributed by atoms with Crippen LogP contribution in [0.3, 0.4) is 0 Å². The highest BCUT2D eigenvalue weighted by Gasteiger charge is 2.33. The number of aromatic nitrogens is 1. The quantitative estimate of drug-likeness (QED) is 0.423. The number of allylic oxidation sites excluding steroid dienone is 1. The first-order valence-corrected chi connectivity index (χ1v) is 12.8. The average Bonchev–Trinajstić information content (AvgIpc) is 3.16. The summed E-state index contributed by atoms with van der Waals surface area (Å²) in [5.41, 5.74) is 1.73. The van der Waals surface area contributed by atoms with Crippen molar-refractivity contribution in [3.63, 3.8) is 0 Å². The normalized spacial score (nSPS) is 15.2. The number of halogens is 1. The summed E-state index contributed by atoms with van der Waals surface area (Å²) in [4.78, 5) is 42.7. The summed E-state index contributed by atoms with van der Waals surface area (Å²) in [6.07, 6.45) is 1.33. The zero-order chi connectivity index (χ0) is 27.6. The molecule has 1 aliphatic heterocycles. The van der Waals surface area contributed by atoms with Gasteiger partial charge in [-0.15, -0.1) is 0 Å². The molecule has 0 saturated carbocycles. The Morgan fingerprint density at radius 1 is 1.18 bits per heavy atom. The lowest BCUT2D eigenvalue weighted by Crippen LogP contribution is -2.40. The summed E-state index contributed by atoms with van der Waals surface area (Å²) >= 11 is 7.29. The molecule has 0 unspecified atom stereocenters. The van der Waals surface area contributed by atoms with Crippen LogP contribution < -0.4 is 24.4 Å². The maximum Gasteiger partial charge on any atom is 0.341 e. The predicted molar refractivity (Wildman–Crippen MR) is 143 cm³/mol. The number of benzene rings is 2. The van der Waals surface area contributed by atoms with Crippen molar-refractivity contribution in [3.05, 3.63) is 89.6 Å². The van der Waals surface area contributed by atoms with Gasteiger partial charge in [-0.05, 0) is 62.2 Å². The number of hydrogen-bond donors (Lipinski definition) is 1. The summed E-state index contributed by atoms with van der Waals surface area (Å²) in [5, 5.41) is 9.40. The van der Waals surface area contributed by atoms with Gasteiger partial charge >= 0.3 is 11.9 Å². The highest BCUT2D eigenvalue weighted by molar-refractivity contribution is 7.07. The second-order valence-electron chi connectivity index (χ2n) is 8.68. The van der Waals surface area contributed by atoms with E-state index in [9.17, 15) is 14.4 Å². The van der Waals surface area contributed by atoms with Crippen molar-refractivity contribution >= 4 is 41.0 Å². The Hall–Kier alpha value is -3.89. The van der Waals surface area contributed by atoms with Crippen LogP contribution in [0.4, 0.5) is 0 Å². The van der Waals surface area contributed by atoms with E-state index in [1.165, 1.54) is 23.0 Å². The Kier molecular flexibility index (Phi) is 8.03. The van der Waals surface area contributed by atoms with Crippen LogP contribution in [0.1, 0.15) is 37.9 Å². The number of hydrogen-bond acceptors (Lipinski definition) is 8. The van der Waals surface area contributed by atoms with Gasteiger partial charge in [0, 0.05) is 5.02 Å². The van der Waals surface area contributed by atoms with Crippen molar-refractivity contribution < 1.29 is 28.9 Å². The highest BCUT2D eigenvalue weighted by Crippen LogP contribution is 2.32. The molecule has 0 spiro atoms. The molecule has 0 saturated heterocycles. The fourth-order valence-corrected chi connectivity index (χ4v) is 5.18. The number of carboxylic acid groups (broad SMARTS) is 1. The number of rotatable bonds is 8. The summed E-state index contributed by atoms with van der Waals surface area (Å²) in [6.45, 7) is 4.72. The van der Waals surface area contributed by atoms with Crippen LogP contribution in [-0.2, 0) is 14.3 Å². The molecule has 0 fully saturated rings. The molecule has 4 rings (SSSR count). The van der Waals surface area contributed by atoms with E-state index in [0.29, 0.717) is 36.9 Å². The molecule has 0 bridgehead atoms. The standard InChI is InChI=1S/C27H25ClN2O7S/c1-14(2)37-26(34)23-15(3)29-27-30(24(23)17-6-8-18(28)9-7-17)25(33)21(38-27)12-16-5-10-19(20(11-16)35-4)36-13-22(31)32/h5-12,14,24H,13H2,1-4H3,(H,31,32)/b21-12+/t24-/m1/s1. The summed E-state index contributed by atoms with van der Waals surface area (Å²) in [7, 11) is 1.44. The van der Waals surface area contributed by atoms with E-state index in [4.69, 9.17) is 30.9 Å². The third kappa shape index (κ3) is 5.66. The number of carbonyl (C=O) groups is 2. The van der Waals surface area contributed by atoms with E-state index in [1.807, 2.05) is 0 Å². The van der Waals surface area contributed by atoms with Gasteiger partial charge in [0.05, 0.1) is 35.1 Å². The molecule has 1 atom stereocenters. The third-order valence-corrected chi connectivity index (χ3v) is 6.84. The van der Waals surface area contributed by atoms with Gasteiger partial charge in [0.1, 0.15) is 0 Å². The number of thiazole rings is 1. The van der Waals surface area contributed by atoms with Crippen LogP contribution in [0.5, 0.6) is 11.5 Å². The number of esters is 1. The maximum absolute atomic E-state index is 13.7. The summed E-state index contributed by atoms with van der Waals surface area (Å²) in [6, 6.07) is 11.1. The minimum atomic E-state index is -1.11. The van der Waals surface area contributed by atoms with Crippen LogP contribution in [-0.4, -0.2) is 41.4 Å². The lowest BCUT2D eigenvalue weighted by molar-refractivity contribution is -0.143. The van der Waals surface area contributed by atoms with Crippen molar-refractivity contribution in [3.8, 4) is 11.5 Å². The number of carboxylic acids is 1. The monoisotopic (exact) mass is 556 g/mol. The Labute approximate surface area is 226 Å². The van der Waals surface area contributed by atoms with E-state index < -0.39 is 24.6 Å². The fourth-order valence-electron chi connectivity index (χ4n) is 4.00. The zero-order valence-electron chi connectivity index (χ0n) is 21.1. The summed E-state index contributed by atoms with van der Waals surface area (Å²) in [5.74, 6) is -1.07. The number of methoxy groups -OCH3 is 1. The van der Waals surface area contributed by atoms with Crippen molar-refractivity contribution in [1.82, 2.24) is 4.57 Å². The van der Waals surface area contributed by atoms with Gasteiger partial charge in [-0.2, -0.15) is 0 Å². The molecule has 198 valence electrons. The SMILES string of the molecule is COc1cc(/C=c2/sc3n(c2=O)[C@H](c2ccc(Cl)cc2)C(C(=O)OC(C)C)=C(C)N=3)ccc1OCC(=O)O. The second-order valence-corrected chi connectivity index (χ2v) is 10.1. The first-order valence-electron chi connectivity index (χ1n) is 11.6. The lowest BCUT2D eigenvalue weighted by Gasteiger charge is -2.25. The first-order chi connectivity index (χ1) is 18.1. The van der Waals surface area contributed by atoms with Gasteiger partial charge in [-0.25, -0.2) is 14.6 Å². The fraction of sp³-hybridized carbons (Fsp3) is 0.259. The van der Waals surface area contributed by atoms with Gasteiger partial charge in [0.25, 0.3) is 5.56 Å². The van der Waals surface area contributed by atoms with Gasteiger partial charge in [-0.3, -0.25) is 9.36 Å². The molecule has 0 aliphatic carbocycles. The van der Waals surface area contributed by atoms with Crippen molar-refractivity contribution in [2.75, 3.05) is 13.7 Å². The Morgan fingerprint density at radius 2 is 1.89 bits per heavy atom. The van der Waals surface area contributed by atoms with Crippen LogP contribution in [0.2, 0.25) is 5.02 Å². The number of ether oxygens (including phenoxy) is 3. The topological polar surface area (TPSA) is 116 Å². The molecular formula is C27H25ClN2O7S. The Bertz CT molecular complexity index is 1600. The zero-order valence-corrected chi connectivity index (χ0v) is 22.6. The Balaban J connectivity index is 1.85. The maximum atomic E-state index is 13.7. The van der Waals surface area contributed by atoms with E-state index in [-0.39, 0.29) is 23.0 Å². The number of aliphatic carboxylic acids is 1. The third-order valence-electron chi connectivity index (χ3n) is 5.61. The van der Waals surface area contributed by atoms with Gasteiger partial charge in [-0.1, -0.05) is 41.1 Å². The van der Waals surface area contributed by atoms with Crippen LogP contribution in [0.25, 0.3) is 6.08 Å². The van der Waals surface area contributed by atoms with Gasteiger partial charge in [0.15, 0.2) is 22.9 Å². The largest absolute Gasteiger partial charge is 0.493 e. The van der Waals surface area contributed by atoms with E-state index in [2.05, 4.69) is 4.99 Å². The number of nitrogens with zero attached hydrogens (tertiary/aromatic N) is 2. The van der Waals surface area contributed by atoms with E-state index >= 15 is 0 Å². The minimum absolute atomic E-state index is 0.264. The molecule has 0 radical (unpaired) electrons. The van der Waals surface area contributed by atoms with Crippen molar-refractivity contribution in [2.45, 2.75) is 32.9 Å². The molecule has 2 heterocycles. The minimum Gasteiger partial charge on any atom is -0.493 e. The average molecular weight is 557 g/mol. The second kappa shape index (κ2) is 11.2. The molecule has 38 heavy (non-hydrogen) atoms. The van der Waals surface area contributed by atoms with Gasteiger partial charge < -0.3 is 19.3 Å². The number of carbonyl (C=O) groups excluding carboxylic acids is 1. The molecule has 1 N–H and O–H groups in total. The molecule has 2 aromatic carbocycles. The molecule has 9 nitrogen and oxygen atoms in total. The molecular weight excluding hydrogens is 532 g/mol. The van der Waals surface area contributed by atoms with E-state index in [1.54, 1.807) is 69.3 Å². The van der Waals surface area contributed by atoms with Crippen LogP contribution in [0.15, 0.2) is 63.5 Å². The highest BCUT2D eigenvalue weighted by atomic mass is 35.5. The van der Waals surface area contributed by atoms with Crippen LogP contribution in [0, 0.1) is 0 Å². The Morgan fingerprint density at radius 3 is 2.53 bits per heavy atom. The smallest absolute Gasteiger partial charge is 0.341 e. The predicted octanol–water partition coefficient (Wildman–Crippen LogP) is 3.31. The molecule has 0 amide bonds. The molecule has 3 aromatic rings.